The van der Waals surface area contributed by atoms with Crippen molar-refractivity contribution in [1.29, 1.82) is 0 Å². The first-order chi connectivity index (χ1) is 8.69. The van der Waals surface area contributed by atoms with Gasteiger partial charge in [-0.1, -0.05) is 6.92 Å². The van der Waals surface area contributed by atoms with Gasteiger partial charge in [0.1, 0.15) is 5.82 Å². The Morgan fingerprint density at radius 1 is 1.33 bits per heavy atom. The maximum absolute atomic E-state index is 11.9. The molecule has 2 rings (SSSR count). The summed E-state index contributed by atoms with van der Waals surface area (Å²) in [5, 5.41) is 13.9. The Hall–Kier alpha value is -1.65. The van der Waals surface area contributed by atoms with Crippen LogP contribution in [0.1, 0.15) is 43.6 Å². The number of carbonyl (C=O) groups is 1. The highest BCUT2D eigenvalue weighted by Crippen LogP contribution is 2.47. The number of rotatable bonds is 6. The average molecular weight is 248 g/mol. The smallest absolute Gasteiger partial charge is 0.271 e. The molecule has 5 heteroatoms. The van der Waals surface area contributed by atoms with Crippen molar-refractivity contribution < 1.29 is 4.79 Å². The minimum absolute atomic E-state index is 0.134. The number of amides is 1. The second-order valence-electron chi connectivity index (χ2n) is 4.87. The number of hydrogen-bond donors (Lipinski definition) is 2. The van der Waals surface area contributed by atoms with Gasteiger partial charge >= 0.3 is 0 Å². The topological polar surface area (TPSA) is 66.9 Å². The lowest BCUT2D eigenvalue weighted by atomic mass is 10.0. The third kappa shape index (κ3) is 2.97. The van der Waals surface area contributed by atoms with Gasteiger partial charge in [0.25, 0.3) is 5.91 Å². The Balaban J connectivity index is 1.88. The number of hydrogen-bond acceptors (Lipinski definition) is 4. The van der Waals surface area contributed by atoms with Gasteiger partial charge in [-0.2, -0.15) is 0 Å². The van der Waals surface area contributed by atoms with Crippen LogP contribution in [0.5, 0.6) is 0 Å². The van der Waals surface area contributed by atoms with E-state index in [1.54, 1.807) is 12.1 Å². The minimum atomic E-state index is -0.134. The van der Waals surface area contributed by atoms with Crippen molar-refractivity contribution in [3.63, 3.8) is 0 Å². The summed E-state index contributed by atoms with van der Waals surface area (Å²) in [6, 6.07) is 3.48. The fourth-order valence-corrected chi connectivity index (χ4v) is 1.92. The van der Waals surface area contributed by atoms with Gasteiger partial charge in [-0.05, 0) is 43.7 Å². The summed E-state index contributed by atoms with van der Waals surface area (Å²) in [6.07, 6.45) is 3.56. The second kappa shape index (κ2) is 5.33. The summed E-state index contributed by atoms with van der Waals surface area (Å²) in [6.45, 7) is 5.70. The fourth-order valence-electron chi connectivity index (χ4n) is 1.92. The molecule has 0 unspecified atom stereocenters. The van der Waals surface area contributed by atoms with Crippen LogP contribution in [0, 0.1) is 5.41 Å². The zero-order valence-electron chi connectivity index (χ0n) is 11.0. The van der Waals surface area contributed by atoms with Crippen molar-refractivity contribution in [2.75, 3.05) is 18.4 Å². The van der Waals surface area contributed by atoms with E-state index in [9.17, 15) is 4.79 Å². The number of carbonyl (C=O) groups excluding carboxylic acids is 1. The zero-order chi connectivity index (χ0) is 13.0. The van der Waals surface area contributed by atoms with Gasteiger partial charge in [0, 0.05) is 13.1 Å². The van der Waals surface area contributed by atoms with E-state index in [1.807, 2.05) is 6.92 Å². The Bertz CT molecular complexity index is 412. The van der Waals surface area contributed by atoms with Gasteiger partial charge < -0.3 is 10.6 Å². The molecule has 18 heavy (non-hydrogen) atoms. The van der Waals surface area contributed by atoms with E-state index in [0.29, 0.717) is 16.9 Å². The highest BCUT2D eigenvalue weighted by Gasteiger charge is 2.40. The maximum Gasteiger partial charge on any atom is 0.271 e. The summed E-state index contributed by atoms with van der Waals surface area (Å²) in [5.74, 6) is 0.562. The summed E-state index contributed by atoms with van der Waals surface area (Å²) in [7, 11) is 0. The van der Waals surface area contributed by atoms with E-state index in [4.69, 9.17) is 0 Å². The molecular weight excluding hydrogens is 228 g/mol. The first kappa shape index (κ1) is 12.8. The van der Waals surface area contributed by atoms with Gasteiger partial charge in [0.05, 0.1) is 0 Å². The summed E-state index contributed by atoms with van der Waals surface area (Å²) in [4.78, 5) is 11.9. The molecule has 1 fully saturated rings. The van der Waals surface area contributed by atoms with Gasteiger partial charge in [0.2, 0.25) is 0 Å². The van der Waals surface area contributed by atoms with Gasteiger partial charge in [0.15, 0.2) is 5.69 Å². The first-order valence-electron chi connectivity index (χ1n) is 6.55. The number of nitrogens with one attached hydrogen (secondary N) is 2. The van der Waals surface area contributed by atoms with Crippen LogP contribution in [0.25, 0.3) is 0 Å². The second-order valence-corrected chi connectivity index (χ2v) is 4.87. The highest BCUT2D eigenvalue weighted by atomic mass is 16.1. The molecule has 0 aromatic carbocycles. The summed E-state index contributed by atoms with van der Waals surface area (Å²) < 4.78 is 0. The lowest BCUT2D eigenvalue weighted by molar-refractivity contribution is 0.0938. The predicted molar refractivity (Wildman–Crippen MR) is 70.5 cm³/mol. The van der Waals surface area contributed by atoms with Gasteiger partial charge in [-0.15, -0.1) is 10.2 Å². The molecule has 1 aromatic rings. The average Bonchev–Trinajstić information content (AvgIpc) is 3.18. The highest BCUT2D eigenvalue weighted by molar-refractivity contribution is 5.92. The Labute approximate surface area is 107 Å². The molecule has 1 aromatic heterocycles. The molecule has 2 N–H and O–H groups in total. The van der Waals surface area contributed by atoms with Crippen LogP contribution in [0.15, 0.2) is 12.1 Å². The van der Waals surface area contributed by atoms with E-state index in [1.165, 1.54) is 12.8 Å². The van der Waals surface area contributed by atoms with Crippen molar-refractivity contribution in [3.8, 4) is 0 Å². The van der Waals surface area contributed by atoms with Crippen molar-refractivity contribution in [3.05, 3.63) is 17.8 Å². The number of anilines is 1. The number of aromatic nitrogens is 2. The molecule has 0 atom stereocenters. The van der Waals surface area contributed by atoms with Crippen LogP contribution < -0.4 is 10.6 Å². The van der Waals surface area contributed by atoms with Crippen LogP contribution in [0.3, 0.4) is 0 Å². The molecule has 0 radical (unpaired) electrons. The van der Waals surface area contributed by atoms with Crippen LogP contribution in [-0.2, 0) is 0 Å². The van der Waals surface area contributed by atoms with E-state index < -0.39 is 0 Å². The minimum Gasteiger partial charge on any atom is -0.369 e. The monoisotopic (exact) mass is 248 g/mol. The molecule has 5 nitrogen and oxygen atoms in total. The van der Waals surface area contributed by atoms with Crippen LogP contribution >= 0.6 is 0 Å². The largest absolute Gasteiger partial charge is 0.369 e. The van der Waals surface area contributed by atoms with Crippen LogP contribution in [0.2, 0.25) is 0 Å². The number of nitrogens with zero attached hydrogens (tertiary/aromatic N) is 2. The first-order valence-corrected chi connectivity index (χ1v) is 6.55. The Kier molecular flexibility index (Phi) is 3.79. The Morgan fingerprint density at radius 2 is 2.11 bits per heavy atom. The maximum atomic E-state index is 11.9. The SMILES string of the molecule is CCNc1ccc(C(=O)NCC2(CC)CC2)nn1. The van der Waals surface area contributed by atoms with E-state index >= 15 is 0 Å². The van der Waals surface area contributed by atoms with Gasteiger partial charge in [-0.3, -0.25) is 4.79 Å². The van der Waals surface area contributed by atoms with E-state index in [0.717, 1.165) is 19.5 Å². The molecular formula is C13H20N4O. The van der Waals surface area contributed by atoms with Crippen molar-refractivity contribution in [1.82, 2.24) is 15.5 Å². The summed E-state index contributed by atoms with van der Waals surface area (Å²) in [5.41, 5.74) is 0.732. The Morgan fingerprint density at radius 3 is 2.61 bits per heavy atom. The fraction of sp³-hybridized carbons (Fsp3) is 0.615. The van der Waals surface area contributed by atoms with E-state index in [2.05, 4.69) is 27.8 Å². The van der Waals surface area contributed by atoms with Crippen molar-refractivity contribution in [2.24, 2.45) is 5.41 Å². The van der Waals surface area contributed by atoms with E-state index in [-0.39, 0.29) is 5.91 Å². The molecule has 0 saturated heterocycles. The lowest BCUT2D eigenvalue weighted by Crippen LogP contribution is -2.30. The molecule has 1 saturated carbocycles. The lowest BCUT2D eigenvalue weighted by Gasteiger charge is -2.12. The van der Waals surface area contributed by atoms with Crippen molar-refractivity contribution in [2.45, 2.75) is 33.1 Å². The molecule has 98 valence electrons. The molecule has 1 heterocycles. The zero-order valence-corrected chi connectivity index (χ0v) is 11.0. The molecule has 0 bridgehead atoms. The molecule has 1 aliphatic rings. The molecule has 0 spiro atoms. The van der Waals surface area contributed by atoms with Crippen LogP contribution in [0.4, 0.5) is 5.82 Å². The van der Waals surface area contributed by atoms with Crippen molar-refractivity contribution >= 4 is 11.7 Å². The third-order valence-corrected chi connectivity index (χ3v) is 3.59. The summed E-state index contributed by atoms with van der Waals surface area (Å²) >= 11 is 0. The van der Waals surface area contributed by atoms with Crippen LogP contribution in [-0.4, -0.2) is 29.2 Å². The molecule has 0 aliphatic heterocycles. The van der Waals surface area contributed by atoms with Gasteiger partial charge in [-0.25, -0.2) is 0 Å². The standard InChI is InChI=1S/C13H20N4O/c1-3-13(7-8-13)9-15-12(18)10-5-6-11(14-4-2)17-16-10/h5-6H,3-4,7-9H2,1-2H3,(H,14,17)(H,15,18). The third-order valence-electron chi connectivity index (χ3n) is 3.59. The predicted octanol–water partition coefficient (Wildman–Crippen LogP) is 1.83. The quantitative estimate of drug-likeness (QED) is 0.806. The molecule has 1 amide bonds. The molecule has 1 aliphatic carbocycles. The normalized spacial score (nSPS) is 16.1.